The molecular weight excluding hydrogens is 447 g/mol. The number of hydrogen-bond donors (Lipinski definition) is 3. The van der Waals surface area contributed by atoms with Crippen LogP contribution in [0.15, 0.2) is 54.6 Å². The molecule has 0 aliphatic rings. The van der Waals surface area contributed by atoms with Crippen molar-refractivity contribution in [1.29, 1.82) is 0 Å². The Bertz CT molecular complexity index is 945. The molecule has 33 heavy (non-hydrogen) atoms. The van der Waals surface area contributed by atoms with Gasteiger partial charge < -0.3 is 29.5 Å². The lowest BCUT2D eigenvalue weighted by Gasteiger charge is -2.27. The first-order valence-corrected chi connectivity index (χ1v) is 12.3. The van der Waals surface area contributed by atoms with Crippen LogP contribution < -0.4 is 10.1 Å². The highest BCUT2D eigenvalue weighted by Crippen LogP contribution is 2.35. The van der Waals surface area contributed by atoms with Gasteiger partial charge in [0.25, 0.3) is 0 Å². The molecule has 2 aromatic rings. The number of ether oxygens (including phenoxy) is 2. The zero-order valence-electron chi connectivity index (χ0n) is 19.0. The van der Waals surface area contributed by atoms with Gasteiger partial charge in [0.2, 0.25) is 0 Å². The third-order valence-electron chi connectivity index (χ3n) is 4.63. The minimum atomic E-state index is -4.49. The van der Waals surface area contributed by atoms with E-state index in [9.17, 15) is 23.9 Å². The van der Waals surface area contributed by atoms with Crippen LogP contribution in [-0.4, -0.2) is 52.7 Å². The molecule has 2 aromatic carbocycles. The number of rotatable bonds is 11. The number of nitrogens with one attached hydrogen (secondary N) is 1. The van der Waals surface area contributed by atoms with Crippen molar-refractivity contribution in [2.75, 3.05) is 19.9 Å². The lowest BCUT2D eigenvalue weighted by atomic mass is 10.1. The predicted octanol–water partition coefficient (Wildman–Crippen LogP) is 3.15. The largest absolute Gasteiger partial charge is 0.497 e. The Morgan fingerprint density at radius 1 is 1.03 bits per heavy atom. The van der Waals surface area contributed by atoms with Gasteiger partial charge in [-0.05, 0) is 29.2 Å². The Labute approximate surface area is 193 Å². The van der Waals surface area contributed by atoms with Gasteiger partial charge in [0, 0.05) is 13.0 Å². The summed E-state index contributed by atoms with van der Waals surface area (Å²) in [5, 5.41) is 2.60. The SMILES string of the molecule is COc1ccc(C[C@H](NC(=O)N(CC(C)C)CP(=O)(O)O)C(=O)OCc2ccccc2)cc1. The van der Waals surface area contributed by atoms with Gasteiger partial charge in [0.05, 0.1) is 7.11 Å². The van der Waals surface area contributed by atoms with E-state index in [1.54, 1.807) is 31.4 Å². The molecule has 0 aromatic heterocycles. The second kappa shape index (κ2) is 12.4. The number of methoxy groups -OCH3 is 1. The molecule has 10 heteroatoms. The van der Waals surface area contributed by atoms with Crippen molar-refractivity contribution in [2.24, 2.45) is 5.92 Å². The number of esters is 1. The molecule has 0 saturated carbocycles. The van der Waals surface area contributed by atoms with Gasteiger partial charge in [-0.15, -0.1) is 0 Å². The molecule has 2 amide bonds. The van der Waals surface area contributed by atoms with E-state index < -0.39 is 31.9 Å². The molecule has 0 spiro atoms. The van der Waals surface area contributed by atoms with Crippen LogP contribution in [0.5, 0.6) is 5.75 Å². The van der Waals surface area contributed by atoms with Crippen LogP contribution >= 0.6 is 7.60 Å². The van der Waals surface area contributed by atoms with Gasteiger partial charge in [-0.3, -0.25) is 4.57 Å². The molecule has 0 aliphatic carbocycles. The van der Waals surface area contributed by atoms with E-state index in [4.69, 9.17) is 9.47 Å². The summed E-state index contributed by atoms with van der Waals surface area (Å²) < 4.78 is 22.1. The van der Waals surface area contributed by atoms with Crippen molar-refractivity contribution in [3.8, 4) is 5.75 Å². The third kappa shape index (κ3) is 9.65. The fourth-order valence-corrected chi connectivity index (χ4v) is 3.82. The third-order valence-corrected chi connectivity index (χ3v) is 5.34. The summed E-state index contributed by atoms with van der Waals surface area (Å²) in [4.78, 5) is 45.5. The van der Waals surface area contributed by atoms with Gasteiger partial charge in [-0.25, -0.2) is 9.59 Å². The summed E-state index contributed by atoms with van der Waals surface area (Å²) in [5.41, 5.74) is 1.55. The zero-order valence-corrected chi connectivity index (χ0v) is 19.9. The van der Waals surface area contributed by atoms with E-state index >= 15 is 0 Å². The van der Waals surface area contributed by atoms with Crippen molar-refractivity contribution < 1.29 is 33.4 Å². The standard InChI is InChI=1S/C23H31N2O7P/c1-17(2)14-25(16-33(28,29)30)23(27)24-21(13-18-9-11-20(31-3)12-10-18)22(26)32-15-19-7-5-4-6-8-19/h4-12,17,21H,13-16H2,1-3H3,(H,24,27)(H2,28,29,30)/t21-/m0/s1. The van der Waals surface area contributed by atoms with Gasteiger partial charge >= 0.3 is 19.6 Å². The van der Waals surface area contributed by atoms with E-state index in [1.165, 1.54) is 0 Å². The number of hydrogen-bond acceptors (Lipinski definition) is 5. The molecule has 0 saturated heterocycles. The van der Waals surface area contributed by atoms with Gasteiger partial charge in [0.1, 0.15) is 24.7 Å². The Balaban J connectivity index is 2.18. The summed E-state index contributed by atoms with van der Waals surface area (Å²) in [7, 11) is -2.95. The van der Waals surface area contributed by atoms with Crippen LogP contribution in [-0.2, 0) is 27.1 Å². The molecule has 3 N–H and O–H groups in total. The fourth-order valence-electron chi connectivity index (χ4n) is 3.13. The lowest BCUT2D eigenvalue weighted by Crippen LogP contribution is -2.50. The average molecular weight is 478 g/mol. The van der Waals surface area contributed by atoms with E-state index in [0.29, 0.717) is 5.75 Å². The highest BCUT2D eigenvalue weighted by atomic mass is 31.2. The van der Waals surface area contributed by atoms with Crippen molar-refractivity contribution in [2.45, 2.75) is 32.9 Å². The first-order chi connectivity index (χ1) is 15.6. The zero-order chi connectivity index (χ0) is 24.4. The topological polar surface area (TPSA) is 125 Å². The summed E-state index contributed by atoms with van der Waals surface area (Å²) in [5.74, 6) is -0.0354. The number of carbonyl (C=O) groups is 2. The molecule has 1 atom stereocenters. The van der Waals surface area contributed by atoms with Crippen LogP contribution in [0.2, 0.25) is 0 Å². The average Bonchev–Trinajstić information content (AvgIpc) is 2.76. The van der Waals surface area contributed by atoms with E-state index in [-0.39, 0.29) is 25.5 Å². The van der Waals surface area contributed by atoms with E-state index in [2.05, 4.69) is 5.32 Å². The number of carbonyl (C=O) groups excluding carboxylic acids is 2. The minimum absolute atomic E-state index is 0.0346. The fraction of sp³-hybridized carbons (Fsp3) is 0.391. The van der Waals surface area contributed by atoms with E-state index in [0.717, 1.165) is 16.0 Å². The van der Waals surface area contributed by atoms with Crippen molar-refractivity contribution in [3.63, 3.8) is 0 Å². The van der Waals surface area contributed by atoms with Gasteiger partial charge in [0.15, 0.2) is 0 Å². The molecule has 2 rings (SSSR count). The maximum atomic E-state index is 12.9. The Hall–Kier alpha value is -2.87. The Morgan fingerprint density at radius 3 is 2.21 bits per heavy atom. The first kappa shape index (κ1) is 26.4. The Kier molecular flexibility index (Phi) is 9.91. The monoisotopic (exact) mass is 478 g/mol. The molecule has 0 radical (unpaired) electrons. The van der Waals surface area contributed by atoms with Crippen LogP contribution in [0.25, 0.3) is 0 Å². The quantitative estimate of drug-likeness (QED) is 0.335. The highest BCUT2D eigenvalue weighted by Gasteiger charge is 2.29. The van der Waals surface area contributed by atoms with Gasteiger partial charge in [-0.2, -0.15) is 0 Å². The van der Waals surface area contributed by atoms with Crippen LogP contribution in [0, 0.1) is 5.92 Å². The smallest absolute Gasteiger partial charge is 0.344 e. The second-order valence-electron chi connectivity index (χ2n) is 8.07. The summed E-state index contributed by atoms with van der Waals surface area (Å²) in [6, 6.07) is 14.3. The summed E-state index contributed by atoms with van der Waals surface area (Å²) >= 11 is 0. The number of benzene rings is 2. The maximum Gasteiger partial charge on any atom is 0.344 e. The van der Waals surface area contributed by atoms with Crippen LogP contribution in [0.4, 0.5) is 4.79 Å². The molecule has 0 bridgehead atoms. The molecular formula is C23H31N2O7P. The molecule has 9 nitrogen and oxygen atoms in total. The Morgan fingerprint density at radius 2 is 1.67 bits per heavy atom. The normalized spacial score (nSPS) is 12.2. The molecule has 0 unspecified atom stereocenters. The van der Waals surface area contributed by atoms with E-state index in [1.807, 2.05) is 44.2 Å². The van der Waals surface area contributed by atoms with Crippen LogP contribution in [0.3, 0.4) is 0 Å². The van der Waals surface area contributed by atoms with Crippen LogP contribution in [0.1, 0.15) is 25.0 Å². The number of urea groups is 1. The predicted molar refractivity (Wildman–Crippen MR) is 124 cm³/mol. The number of nitrogens with zero attached hydrogens (tertiary/aromatic N) is 1. The lowest BCUT2D eigenvalue weighted by molar-refractivity contribution is -0.147. The molecule has 0 fully saturated rings. The minimum Gasteiger partial charge on any atom is -0.497 e. The van der Waals surface area contributed by atoms with Crippen molar-refractivity contribution in [1.82, 2.24) is 10.2 Å². The maximum absolute atomic E-state index is 12.9. The summed E-state index contributed by atoms with van der Waals surface area (Å²) in [6.07, 6.45) is -0.611. The van der Waals surface area contributed by atoms with Gasteiger partial charge in [-0.1, -0.05) is 56.3 Å². The first-order valence-electron chi connectivity index (χ1n) is 10.5. The molecule has 180 valence electrons. The number of amides is 2. The summed E-state index contributed by atoms with van der Waals surface area (Å²) in [6.45, 7) is 3.80. The van der Waals surface area contributed by atoms with Crippen molar-refractivity contribution >= 4 is 19.6 Å². The highest BCUT2D eigenvalue weighted by molar-refractivity contribution is 7.51. The molecule has 0 heterocycles. The second-order valence-corrected chi connectivity index (χ2v) is 9.68. The van der Waals surface area contributed by atoms with Crippen molar-refractivity contribution in [3.05, 3.63) is 65.7 Å². The molecule has 0 aliphatic heterocycles.